The molecule has 4 heteroatoms. The van der Waals surface area contributed by atoms with E-state index in [-0.39, 0.29) is 0 Å². The molecular weight excluding hydrogens is 240 g/mol. The topological polar surface area (TPSA) is 35.9 Å². The van der Waals surface area contributed by atoms with Crippen LogP contribution in [0.15, 0.2) is 18.2 Å². The van der Waals surface area contributed by atoms with Gasteiger partial charge in [-0.3, -0.25) is 0 Å². The molecule has 0 bridgehead atoms. The molecule has 1 aromatic carbocycles. The third-order valence-corrected chi connectivity index (χ3v) is 3.19. The molecule has 0 unspecified atom stereocenters. The molecule has 0 amide bonds. The summed E-state index contributed by atoms with van der Waals surface area (Å²) in [5.41, 5.74) is 1.89. The van der Waals surface area contributed by atoms with Gasteiger partial charge in [0.05, 0.1) is 13.2 Å². The van der Waals surface area contributed by atoms with Crippen LogP contribution < -0.4 is 9.64 Å². The van der Waals surface area contributed by atoms with Crippen LogP contribution in [0.2, 0.25) is 0 Å². The minimum absolute atomic E-state index is 0.539. The molecule has 0 saturated heterocycles. The molecular formula is C15H26N2O2. The van der Waals surface area contributed by atoms with Crippen molar-refractivity contribution in [3.05, 3.63) is 23.8 Å². The molecule has 0 aromatic heterocycles. The van der Waals surface area contributed by atoms with Gasteiger partial charge in [-0.25, -0.2) is 0 Å². The number of methoxy groups -OCH3 is 1. The van der Waals surface area contributed by atoms with Gasteiger partial charge < -0.3 is 19.6 Å². The Morgan fingerprint density at radius 3 is 2.42 bits per heavy atom. The average molecular weight is 266 g/mol. The number of ether oxygens (including phenoxy) is 1. The van der Waals surface area contributed by atoms with Gasteiger partial charge in [0.25, 0.3) is 0 Å². The molecule has 1 atom stereocenters. The van der Waals surface area contributed by atoms with Crippen LogP contribution in [-0.4, -0.2) is 51.3 Å². The summed E-state index contributed by atoms with van der Waals surface area (Å²) >= 11 is 0. The molecule has 0 heterocycles. The third kappa shape index (κ3) is 4.40. The Bertz CT molecular complexity index is 392. The van der Waals surface area contributed by atoms with Gasteiger partial charge in [-0.15, -0.1) is 0 Å². The fraction of sp³-hybridized carbons (Fsp3) is 0.600. The fourth-order valence-corrected chi connectivity index (χ4v) is 2.21. The summed E-state index contributed by atoms with van der Waals surface area (Å²) in [6.45, 7) is 3.78. The van der Waals surface area contributed by atoms with Gasteiger partial charge in [0, 0.05) is 24.8 Å². The molecule has 0 spiro atoms. The number of aliphatic hydroxyl groups is 1. The van der Waals surface area contributed by atoms with E-state index in [0.717, 1.165) is 36.5 Å². The molecule has 0 aliphatic rings. The zero-order chi connectivity index (χ0) is 14.4. The second kappa shape index (κ2) is 7.36. The van der Waals surface area contributed by atoms with E-state index < -0.39 is 6.10 Å². The van der Waals surface area contributed by atoms with Gasteiger partial charge in [0.1, 0.15) is 5.75 Å². The van der Waals surface area contributed by atoms with Gasteiger partial charge in [-0.2, -0.15) is 0 Å². The Kier molecular flexibility index (Phi) is 6.12. The Morgan fingerprint density at radius 1 is 1.21 bits per heavy atom. The van der Waals surface area contributed by atoms with E-state index in [4.69, 9.17) is 4.74 Å². The normalized spacial score (nSPS) is 12.6. The summed E-state index contributed by atoms with van der Waals surface area (Å²) in [4.78, 5) is 4.35. The summed E-state index contributed by atoms with van der Waals surface area (Å²) in [5, 5.41) is 9.96. The molecule has 4 nitrogen and oxygen atoms in total. The Hall–Kier alpha value is -1.26. The molecule has 1 rings (SSSR count). The summed E-state index contributed by atoms with van der Waals surface area (Å²) in [6, 6.07) is 5.88. The van der Waals surface area contributed by atoms with E-state index in [1.165, 1.54) is 0 Å². The zero-order valence-corrected chi connectivity index (χ0v) is 12.7. The van der Waals surface area contributed by atoms with Crippen LogP contribution in [0.5, 0.6) is 5.75 Å². The Morgan fingerprint density at radius 2 is 1.89 bits per heavy atom. The predicted octanol–water partition coefficient (Wildman–Crippen LogP) is 2.14. The first-order valence-electron chi connectivity index (χ1n) is 6.68. The number of benzene rings is 1. The van der Waals surface area contributed by atoms with Crippen LogP contribution in [0, 0.1) is 0 Å². The molecule has 0 aliphatic carbocycles. The molecule has 1 N–H and O–H groups in total. The Labute approximate surface area is 116 Å². The minimum Gasteiger partial charge on any atom is -0.496 e. The van der Waals surface area contributed by atoms with Crippen molar-refractivity contribution in [1.29, 1.82) is 0 Å². The zero-order valence-electron chi connectivity index (χ0n) is 12.7. The standard InChI is InChI=1S/C15H26N2O2/c1-12(18)15-13(8-6-9-14(15)19-5)17(4)11-7-10-16(2)3/h6,8-9,12,18H,7,10-11H2,1-5H3/t12-/m1/s1. The second-order valence-electron chi connectivity index (χ2n) is 5.15. The Balaban J connectivity index is 2.86. The highest BCUT2D eigenvalue weighted by molar-refractivity contribution is 5.60. The van der Waals surface area contributed by atoms with Crippen molar-refractivity contribution < 1.29 is 9.84 Å². The third-order valence-electron chi connectivity index (χ3n) is 3.19. The summed E-state index contributed by atoms with van der Waals surface area (Å²) in [7, 11) is 7.84. The van der Waals surface area contributed by atoms with Crippen LogP contribution in [0.4, 0.5) is 5.69 Å². The van der Waals surface area contributed by atoms with Crippen LogP contribution >= 0.6 is 0 Å². The van der Waals surface area contributed by atoms with Gasteiger partial charge in [-0.1, -0.05) is 6.07 Å². The smallest absolute Gasteiger partial charge is 0.126 e. The quantitative estimate of drug-likeness (QED) is 0.820. The lowest BCUT2D eigenvalue weighted by atomic mass is 10.1. The molecule has 0 aliphatic heterocycles. The van der Waals surface area contributed by atoms with Gasteiger partial charge in [0.2, 0.25) is 0 Å². The maximum atomic E-state index is 9.96. The largest absolute Gasteiger partial charge is 0.496 e. The summed E-state index contributed by atoms with van der Waals surface area (Å²) in [6.07, 6.45) is 0.544. The monoisotopic (exact) mass is 266 g/mol. The lowest BCUT2D eigenvalue weighted by Gasteiger charge is -2.25. The average Bonchev–Trinajstić information content (AvgIpc) is 2.36. The van der Waals surface area contributed by atoms with Crippen LogP contribution in [0.1, 0.15) is 25.0 Å². The second-order valence-corrected chi connectivity index (χ2v) is 5.15. The van der Waals surface area contributed by atoms with E-state index >= 15 is 0 Å². The number of hydrogen-bond donors (Lipinski definition) is 1. The van der Waals surface area contributed by atoms with Crippen molar-refractivity contribution in [2.45, 2.75) is 19.4 Å². The number of rotatable bonds is 7. The van der Waals surface area contributed by atoms with Crippen molar-refractivity contribution >= 4 is 5.69 Å². The number of aliphatic hydroxyl groups excluding tert-OH is 1. The molecule has 108 valence electrons. The van der Waals surface area contributed by atoms with Crippen molar-refractivity contribution in [2.24, 2.45) is 0 Å². The molecule has 0 saturated carbocycles. The molecule has 1 aromatic rings. The highest BCUT2D eigenvalue weighted by atomic mass is 16.5. The van der Waals surface area contributed by atoms with E-state index in [0.29, 0.717) is 0 Å². The molecule has 0 radical (unpaired) electrons. The number of nitrogens with zero attached hydrogens (tertiary/aromatic N) is 2. The lowest BCUT2D eigenvalue weighted by Crippen LogP contribution is -2.24. The van der Waals surface area contributed by atoms with Crippen molar-refractivity contribution in [3.63, 3.8) is 0 Å². The highest BCUT2D eigenvalue weighted by Crippen LogP contribution is 2.34. The maximum absolute atomic E-state index is 9.96. The highest BCUT2D eigenvalue weighted by Gasteiger charge is 2.16. The first kappa shape index (κ1) is 15.8. The van der Waals surface area contributed by atoms with Crippen molar-refractivity contribution in [1.82, 2.24) is 4.90 Å². The fourth-order valence-electron chi connectivity index (χ4n) is 2.21. The molecule has 19 heavy (non-hydrogen) atoms. The lowest BCUT2D eigenvalue weighted by molar-refractivity contribution is 0.194. The van der Waals surface area contributed by atoms with Gasteiger partial charge >= 0.3 is 0 Å². The minimum atomic E-state index is -0.539. The van der Waals surface area contributed by atoms with Gasteiger partial charge in [-0.05, 0) is 46.1 Å². The summed E-state index contributed by atoms with van der Waals surface area (Å²) < 4.78 is 5.35. The van der Waals surface area contributed by atoms with E-state index in [1.54, 1.807) is 14.0 Å². The first-order chi connectivity index (χ1) is 8.97. The number of hydrogen-bond acceptors (Lipinski definition) is 4. The van der Waals surface area contributed by atoms with Crippen LogP contribution in [0.25, 0.3) is 0 Å². The summed E-state index contributed by atoms with van der Waals surface area (Å²) in [5.74, 6) is 0.743. The maximum Gasteiger partial charge on any atom is 0.126 e. The number of anilines is 1. The van der Waals surface area contributed by atoms with Gasteiger partial charge in [0.15, 0.2) is 0 Å². The van der Waals surface area contributed by atoms with E-state index in [2.05, 4.69) is 30.9 Å². The molecule has 0 fully saturated rings. The van der Waals surface area contributed by atoms with Crippen molar-refractivity contribution in [3.8, 4) is 5.75 Å². The van der Waals surface area contributed by atoms with Crippen molar-refractivity contribution in [2.75, 3.05) is 46.2 Å². The van der Waals surface area contributed by atoms with E-state index in [1.807, 2.05) is 18.2 Å². The predicted molar refractivity (Wildman–Crippen MR) is 80.1 cm³/mol. The van der Waals surface area contributed by atoms with E-state index in [9.17, 15) is 5.11 Å². The first-order valence-corrected chi connectivity index (χ1v) is 6.68. The SMILES string of the molecule is COc1cccc(N(C)CCCN(C)C)c1[C@@H](C)O. The van der Waals surface area contributed by atoms with Crippen LogP contribution in [0.3, 0.4) is 0 Å². The van der Waals surface area contributed by atoms with Crippen LogP contribution in [-0.2, 0) is 0 Å².